The van der Waals surface area contributed by atoms with E-state index in [2.05, 4.69) is 21.2 Å². The van der Waals surface area contributed by atoms with Crippen LogP contribution in [0, 0.1) is 11.8 Å². The Hall–Kier alpha value is -2.09. The van der Waals surface area contributed by atoms with E-state index >= 15 is 0 Å². The number of halogens is 1. The summed E-state index contributed by atoms with van der Waals surface area (Å²) < 4.78 is 0. The van der Waals surface area contributed by atoms with Crippen molar-refractivity contribution in [3.8, 4) is 0 Å². The number of nitrogens with zero attached hydrogens (tertiary/aromatic N) is 1. The standard InChI is InChI=1S/C22H28ClN5O2/c23-15-5-6-18-17(10-15)13(11-25-18)7-8-24-22(30)14-9-20(29)28(12-14)21-16-3-1-2-4-19(16)26-27-21/h5-6,10-11,14,16,19,21,25-27H,1-4,7-9,12H2,(H,24,30). The van der Waals surface area contributed by atoms with Crippen molar-refractivity contribution in [1.82, 2.24) is 26.1 Å². The van der Waals surface area contributed by atoms with Crippen LogP contribution in [-0.2, 0) is 16.0 Å². The third kappa shape index (κ3) is 3.70. The first kappa shape index (κ1) is 19.8. The molecule has 1 aromatic carbocycles. The SMILES string of the molecule is O=C(NCCc1c[nH]c2ccc(Cl)cc12)C1CC(=O)N(C2NNC3CCCCC32)C1. The van der Waals surface area contributed by atoms with Gasteiger partial charge in [-0.2, -0.15) is 0 Å². The van der Waals surface area contributed by atoms with E-state index in [0.717, 1.165) is 29.3 Å². The Kier molecular flexibility index (Phi) is 5.43. The van der Waals surface area contributed by atoms with Gasteiger partial charge in [0.2, 0.25) is 11.8 Å². The summed E-state index contributed by atoms with van der Waals surface area (Å²) in [5.41, 5.74) is 8.85. The molecule has 2 aromatic rings. The van der Waals surface area contributed by atoms with Crippen LogP contribution in [0.1, 0.15) is 37.7 Å². The van der Waals surface area contributed by atoms with Crippen molar-refractivity contribution < 1.29 is 9.59 Å². The van der Waals surface area contributed by atoms with Crippen molar-refractivity contribution in [2.75, 3.05) is 13.1 Å². The van der Waals surface area contributed by atoms with Crippen LogP contribution in [0.4, 0.5) is 0 Å². The van der Waals surface area contributed by atoms with E-state index in [-0.39, 0.29) is 23.9 Å². The number of hydrogen-bond donors (Lipinski definition) is 4. The number of aromatic nitrogens is 1. The predicted octanol–water partition coefficient (Wildman–Crippen LogP) is 2.32. The maximum atomic E-state index is 12.7. The van der Waals surface area contributed by atoms with Crippen molar-refractivity contribution >= 4 is 34.3 Å². The molecule has 0 radical (unpaired) electrons. The van der Waals surface area contributed by atoms with Crippen LogP contribution in [0.2, 0.25) is 5.02 Å². The quantitative estimate of drug-likeness (QED) is 0.587. The second kappa shape index (κ2) is 8.21. The first-order valence-corrected chi connectivity index (χ1v) is 11.3. The van der Waals surface area contributed by atoms with Gasteiger partial charge in [0.1, 0.15) is 0 Å². The molecule has 4 unspecified atom stereocenters. The average molecular weight is 430 g/mol. The first-order chi connectivity index (χ1) is 14.6. The van der Waals surface area contributed by atoms with Crippen molar-refractivity contribution in [2.45, 2.75) is 50.7 Å². The molecule has 1 aliphatic carbocycles. The third-order valence-electron chi connectivity index (χ3n) is 6.93. The van der Waals surface area contributed by atoms with Gasteiger partial charge in [-0.15, -0.1) is 0 Å². The van der Waals surface area contributed by atoms with Crippen LogP contribution in [0.15, 0.2) is 24.4 Å². The summed E-state index contributed by atoms with van der Waals surface area (Å²) in [7, 11) is 0. The summed E-state index contributed by atoms with van der Waals surface area (Å²) in [6.45, 7) is 1.03. The third-order valence-corrected chi connectivity index (χ3v) is 7.16. The largest absolute Gasteiger partial charge is 0.361 e. The fourth-order valence-corrected chi connectivity index (χ4v) is 5.50. The summed E-state index contributed by atoms with van der Waals surface area (Å²) in [6.07, 6.45) is 7.72. The Labute approximate surface area is 180 Å². The van der Waals surface area contributed by atoms with E-state index < -0.39 is 0 Å². The molecule has 30 heavy (non-hydrogen) atoms. The molecule has 7 nitrogen and oxygen atoms in total. The lowest BCUT2D eigenvalue weighted by molar-refractivity contribution is -0.131. The molecule has 4 N–H and O–H groups in total. The number of rotatable bonds is 5. The molecular weight excluding hydrogens is 402 g/mol. The molecule has 4 atom stereocenters. The van der Waals surface area contributed by atoms with E-state index in [9.17, 15) is 9.59 Å². The Morgan fingerprint density at radius 3 is 3.00 bits per heavy atom. The number of amides is 2. The van der Waals surface area contributed by atoms with E-state index in [1.54, 1.807) is 0 Å². The zero-order valence-corrected chi connectivity index (χ0v) is 17.7. The lowest BCUT2D eigenvalue weighted by Crippen LogP contribution is -2.48. The summed E-state index contributed by atoms with van der Waals surface area (Å²) in [5.74, 6) is 0.208. The number of nitrogens with one attached hydrogen (secondary N) is 4. The van der Waals surface area contributed by atoms with E-state index in [0.29, 0.717) is 42.9 Å². The molecule has 1 aromatic heterocycles. The number of H-pyrrole nitrogens is 1. The number of carbonyl (C=O) groups excluding carboxylic acids is 2. The van der Waals surface area contributed by atoms with Crippen molar-refractivity contribution in [1.29, 1.82) is 0 Å². The van der Waals surface area contributed by atoms with E-state index in [4.69, 9.17) is 11.6 Å². The van der Waals surface area contributed by atoms with Crippen LogP contribution in [0.3, 0.4) is 0 Å². The molecule has 2 amide bonds. The smallest absolute Gasteiger partial charge is 0.225 e. The summed E-state index contributed by atoms with van der Waals surface area (Å²) >= 11 is 6.11. The van der Waals surface area contributed by atoms with Gasteiger partial charge in [-0.05, 0) is 43.0 Å². The molecule has 160 valence electrons. The zero-order valence-electron chi connectivity index (χ0n) is 16.9. The minimum Gasteiger partial charge on any atom is -0.361 e. The van der Waals surface area contributed by atoms with Crippen LogP contribution in [0.25, 0.3) is 10.9 Å². The number of aromatic amines is 1. The Morgan fingerprint density at radius 1 is 1.23 bits per heavy atom. The van der Waals surface area contributed by atoms with Crippen LogP contribution in [-0.4, -0.2) is 47.0 Å². The number of hydrazine groups is 1. The highest BCUT2D eigenvalue weighted by Gasteiger charge is 2.46. The molecule has 2 aliphatic heterocycles. The molecular formula is C22H28ClN5O2. The van der Waals surface area contributed by atoms with Gasteiger partial charge in [-0.3, -0.25) is 15.0 Å². The topological polar surface area (TPSA) is 89.3 Å². The number of carbonyl (C=O) groups is 2. The fraction of sp³-hybridized carbons (Fsp3) is 0.545. The van der Waals surface area contributed by atoms with Gasteiger partial charge in [0, 0.05) is 53.6 Å². The molecule has 3 aliphatic rings. The van der Waals surface area contributed by atoms with Gasteiger partial charge < -0.3 is 15.2 Å². The Morgan fingerprint density at radius 2 is 2.10 bits per heavy atom. The minimum absolute atomic E-state index is 0.0107. The van der Waals surface area contributed by atoms with Gasteiger partial charge >= 0.3 is 0 Å². The van der Waals surface area contributed by atoms with Gasteiger partial charge in [-0.25, -0.2) is 5.43 Å². The maximum absolute atomic E-state index is 12.7. The summed E-state index contributed by atoms with van der Waals surface area (Å²) in [5, 5.41) is 4.81. The maximum Gasteiger partial charge on any atom is 0.225 e. The van der Waals surface area contributed by atoms with Gasteiger partial charge in [0.25, 0.3) is 0 Å². The molecule has 8 heteroatoms. The van der Waals surface area contributed by atoms with Crippen molar-refractivity contribution in [3.63, 3.8) is 0 Å². The average Bonchev–Trinajstić information content (AvgIpc) is 3.44. The monoisotopic (exact) mass is 429 g/mol. The highest BCUT2D eigenvalue weighted by atomic mass is 35.5. The predicted molar refractivity (Wildman–Crippen MR) is 116 cm³/mol. The minimum atomic E-state index is -0.278. The molecule has 1 saturated carbocycles. The zero-order chi connectivity index (χ0) is 20.7. The summed E-state index contributed by atoms with van der Waals surface area (Å²) in [4.78, 5) is 30.5. The second-order valence-corrected chi connectivity index (χ2v) is 9.22. The van der Waals surface area contributed by atoms with Gasteiger partial charge in [-0.1, -0.05) is 24.4 Å². The first-order valence-electron chi connectivity index (χ1n) is 10.9. The van der Waals surface area contributed by atoms with Gasteiger partial charge in [0.15, 0.2) is 0 Å². The highest BCUT2D eigenvalue weighted by Crippen LogP contribution is 2.34. The van der Waals surface area contributed by atoms with Crippen LogP contribution in [0.5, 0.6) is 0 Å². The molecule has 3 fully saturated rings. The second-order valence-electron chi connectivity index (χ2n) is 8.78. The molecule has 0 spiro atoms. The molecule has 0 bridgehead atoms. The number of hydrogen-bond acceptors (Lipinski definition) is 4. The Balaban J connectivity index is 1.16. The summed E-state index contributed by atoms with van der Waals surface area (Å²) in [6, 6.07) is 6.20. The Bertz CT molecular complexity index is 960. The lowest BCUT2D eigenvalue weighted by atomic mass is 9.84. The normalized spacial score (nSPS) is 28.8. The van der Waals surface area contributed by atoms with Gasteiger partial charge in [0.05, 0.1) is 12.1 Å². The highest BCUT2D eigenvalue weighted by molar-refractivity contribution is 6.31. The molecule has 5 rings (SSSR count). The molecule has 3 heterocycles. The van der Waals surface area contributed by atoms with Crippen LogP contribution >= 0.6 is 11.6 Å². The number of likely N-dealkylation sites (tertiary alicyclic amines) is 1. The van der Waals surface area contributed by atoms with E-state index in [1.165, 1.54) is 12.8 Å². The van der Waals surface area contributed by atoms with Crippen LogP contribution < -0.4 is 16.2 Å². The van der Waals surface area contributed by atoms with Crippen molar-refractivity contribution in [3.05, 3.63) is 35.0 Å². The lowest BCUT2D eigenvalue weighted by Gasteiger charge is -2.32. The van der Waals surface area contributed by atoms with E-state index in [1.807, 2.05) is 29.3 Å². The fourth-order valence-electron chi connectivity index (χ4n) is 5.32. The number of benzene rings is 1. The molecule has 2 saturated heterocycles. The van der Waals surface area contributed by atoms with Crippen molar-refractivity contribution in [2.24, 2.45) is 11.8 Å². The number of fused-ring (bicyclic) bond motifs is 2.